The minimum absolute atomic E-state index is 0.0673. The Morgan fingerprint density at radius 1 is 1.06 bits per heavy atom. The largest absolute Gasteiger partial charge is 0.497 e. The highest BCUT2D eigenvalue weighted by Gasteiger charge is 2.27. The summed E-state index contributed by atoms with van der Waals surface area (Å²) in [5.41, 5.74) is 3.38. The molecule has 0 bridgehead atoms. The Labute approximate surface area is 186 Å². The summed E-state index contributed by atoms with van der Waals surface area (Å²) >= 11 is 5.93. The zero-order valence-electron chi connectivity index (χ0n) is 16.6. The maximum atomic E-state index is 13.2. The lowest BCUT2D eigenvalue weighted by molar-refractivity contribution is -0.119. The van der Waals surface area contributed by atoms with E-state index in [0.717, 1.165) is 4.31 Å². The van der Waals surface area contributed by atoms with Crippen LogP contribution in [-0.2, 0) is 14.8 Å². The van der Waals surface area contributed by atoms with Crippen molar-refractivity contribution >= 4 is 39.4 Å². The predicted octanol–water partition coefficient (Wildman–Crippen LogP) is 3.69. The second kappa shape index (κ2) is 10.1. The number of carbonyl (C=O) groups excluding carboxylic acids is 1. The summed E-state index contributed by atoms with van der Waals surface area (Å²) in [6, 6.07) is 21.2. The number of nitrogens with one attached hydrogen (secondary N) is 1. The third-order valence-electron chi connectivity index (χ3n) is 4.23. The Balaban J connectivity index is 1.80. The van der Waals surface area contributed by atoms with Crippen molar-refractivity contribution < 1.29 is 17.9 Å². The van der Waals surface area contributed by atoms with Crippen LogP contribution in [-0.4, -0.2) is 34.2 Å². The van der Waals surface area contributed by atoms with Gasteiger partial charge in [-0.1, -0.05) is 41.9 Å². The number of methoxy groups -OCH3 is 1. The van der Waals surface area contributed by atoms with E-state index in [1.165, 1.54) is 30.5 Å². The van der Waals surface area contributed by atoms with Crippen molar-refractivity contribution in [1.82, 2.24) is 5.43 Å². The average Bonchev–Trinajstić information content (AvgIpc) is 2.79. The highest BCUT2D eigenvalue weighted by molar-refractivity contribution is 7.92. The van der Waals surface area contributed by atoms with E-state index in [1.807, 2.05) is 0 Å². The SMILES string of the molecule is COc1cccc(C=NNC(=O)CN(c2ccc(Cl)cc2)S(=O)(=O)c2ccccc2)c1. The van der Waals surface area contributed by atoms with Crippen molar-refractivity contribution in [3.8, 4) is 5.75 Å². The van der Waals surface area contributed by atoms with Crippen molar-refractivity contribution in [3.63, 3.8) is 0 Å². The van der Waals surface area contributed by atoms with E-state index < -0.39 is 22.5 Å². The lowest BCUT2D eigenvalue weighted by atomic mass is 10.2. The number of nitrogens with zero attached hydrogens (tertiary/aromatic N) is 2. The summed E-state index contributed by atoms with van der Waals surface area (Å²) in [4.78, 5) is 12.6. The van der Waals surface area contributed by atoms with E-state index in [-0.39, 0.29) is 4.90 Å². The van der Waals surface area contributed by atoms with Gasteiger partial charge in [0.05, 0.1) is 23.9 Å². The molecule has 3 aromatic carbocycles. The number of carbonyl (C=O) groups is 1. The summed E-state index contributed by atoms with van der Waals surface area (Å²) in [5.74, 6) is 0.0479. The number of anilines is 1. The second-order valence-electron chi connectivity index (χ2n) is 6.37. The number of ether oxygens (including phenoxy) is 1. The van der Waals surface area contributed by atoms with E-state index in [2.05, 4.69) is 10.5 Å². The molecule has 0 spiro atoms. The van der Waals surface area contributed by atoms with Gasteiger partial charge in [0.25, 0.3) is 15.9 Å². The minimum atomic E-state index is -3.99. The molecule has 3 aromatic rings. The van der Waals surface area contributed by atoms with Crippen LogP contribution in [0.2, 0.25) is 5.02 Å². The van der Waals surface area contributed by atoms with Crippen molar-refractivity contribution in [1.29, 1.82) is 0 Å². The number of hydrogen-bond donors (Lipinski definition) is 1. The molecule has 1 N–H and O–H groups in total. The highest BCUT2D eigenvalue weighted by Crippen LogP contribution is 2.25. The van der Waals surface area contributed by atoms with Crippen LogP contribution in [0.5, 0.6) is 5.75 Å². The van der Waals surface area contributed by atoms with Gasteiger partial charge in [-0.05, 0) is 54.1 Å². The second-order valence-corrected chi connectivity index (χ2v) is 8.67. The van der Waals surface area contributed by atoms with Crippen molar-refractivity contribution in [3.05, 3.63) is 89.4 Å². The Bertz CT molecular complexity index is 1170. The van der Waals surface area contributed by atoms with Crippen molar-refractivity contribution in [2.45, 2.75) is 4.90 Å². The highest BCUT2D eigenvalue weighted by atomic mass is 35.5. The molecule has 0 aromatic heterocycles. The number of halogens is 1. The molecule has 0 radical (unpaired) electrons. The molecular weight excluding hydrogens is 438 g/mol. The summed E-state index contributed by atoms with van der Waals surface area (Å²) in [6.07, 6.45) is 1.44. The summed E-state index contributed by atoms with van der Waals surface area (Å²) in [7, 11) is -2.44. The molecule has 0 aliphatic heterocycles. The fraction of sp³-hybridized carbons (Fsp3) is 0.0909. The molecule has 0 fully saturated rings. The Morgan fingerprint density at radius 2 is 1.77 bits per heavy atom. The van der Waals surface area contributed by atoms with Gasteiger partial charge >= 0.3 is 0 Å². The molecular formula is C22H20ClN3O4S. The summed E-state index contributed by atoms with van der Waals surface area (Å²) in [5, 5.41) is 4.36. The molecule has 31 heavy (non-hydrogen) atoms. The van der Waals surface area contributed by atoms with Crippen LogP contribution in [0.1, 0.15) is 5.56 Å². The molecule has 0 heterocycles. The number of amides is 1. The zero-order valence-corrected chi connectivity index (χ0v) is 18.2. The number of hydrogen-bond acceptors (Lipinski definition) is 5. The molecule has 3 rings (SSSR count). The van der Waals surface area contributed by atoms with E-state index in [4.69, 9.17) is 16.3 Å². The molecule has 0 aliphatic rings. The van der Waals surface area contributed by atoms with Gasteiger partial charge < -0.3 is 4.74 Å². The first kappa shape index (κ1) is 22.3. The average molecular weight is 458 g/mol. The van der Waals surface area contributed by atoms with E-state index >= 15 is 0 Å². The van der Waals surface area contributed by atoms with E-state index in [9.17, 15) is 13.2 Å². The Kier molecular flexibility index (Phi) is 7.28. The van der Waals surface area contributed by atoms with Crippen molar-refractivity contribution in [2.24, 2.45) is 5.10 Å². The fourth-order valence-corrected chi connectivity index (χ4v) is 4.28. The summed E-state index contributed by atoms with van der Waals surface area (Å²) < 4.78 is 32.5. The van der Waals surface area contributed by atoms with Gasteiger partial charge in [0.2, 0.25) is 0 Å². The number of sulfonamides is 1. The third-order valence-corrected chi connectivity index (χ3v) is 6.27. The van der Waals surface area contributed by atoms with E-state index in [0.29, 0.717) is 22.0 Å². The molecule has 0 saturated heterocycles. The van der Waals surface area contributed by atoms with Gasteiger partial charge in [0.15, 0.2) is 0 Å². The molecule has 1 amide bonds. The van der Waals surface area contributed by atoms with Gasteiger partial charge in [-0.25, -0.2) is 13.8 Å². The summed E-state index contributed by atoms with van der Waals surface area (Å²) in [6.45, 7) is -0.464. The van der Waals surface area contributed by atoms with Gasteiger partial charge in [0, 0.05) is 5.02 Å². The standard InChI is InChI=1S/C22H20ClN3O4S/c1-30-20-7-5-6-17(14-20)15-24-25-22(27)16-26(19-12-10-18(23)11-13-19)31(28,29)21-8-3-2-4-9-21/h2-15H,16H2,1H3,(H,25,27). The molecule has 0 unspecified atom stereocenters. The molecule has 0 aliphatic carbocycles. The molecule has 9 heteroatoms. The van der Waals surface area contributed by atoms with Crippen LogP contribution in [0.3, 0.4) is 0 Å². The molecule has 7 nitrogen and oxygen atoms in total. The zero-order chi connectivity index (χ0) is 22.3. The number of benzene rings is 3. The number of hydrazone groups is 1. The third kappa shape index (κ3) is 5.84. The van der Waals surface area contributed by atoms with E-state index in [1.54, 1.807) is 61.7 Å². The minimum Gasteiger partial charge on any atom is -0.497 e. The van der Waals surface area contributed by atoms with Crippen LogP contribution < -0.4 is 14.5 Å². The first-order chi connectivity index (χ1) is 14.9. The smallest absolute Gasteiger partial charge is 0.264 e. The predicted molar refractivity (Wildman–Crippen MR) is 121 cm³/mol. The lowest BCUT2D eigenvalue weighted by Gasteiger charge is -2.23. The van der Waals surface area contributed by atoms with Gasteiger partial charge in [-0.2, -0.15) is 5.10 Å². The quantitative estimate of drug-likeness (QED) is 0.412. The molecule has 0 saturated carbocycles. The molecule has 160 valence electrons. The fourth-order valence-electron chi connectivity index (χ4n) is 2.71. The Morgan fingerprint density at radius 3 is 2.45 bits per heavy atom. The van der Waals surface area contributed by atoms with Crippen LogP contribution >= 0.6 is 11.6 Å². The van der Waals surface area contributed by atoms with Crippen molar-refractivity contribution in [2.75, 3.05) is 18.0 Å². The molecule has 0 atom stereocenters. The van der Waals surface area contributed by atoms with Crippen LogP contribution in [0.15, 0.2) is 88.9 Å². The van der Waals surface area contributed by atoms with Gasteiger partial charge in [-0.3, -0.25) is 9.10 Å². The van der Waals surface area contributed by atoms with Crippen LogP contribution in [0.4, 0.5) is 5.69 Å². The Hall–Kier alpha value is -3.36. The van der Waals surface area contributed by atoms with Gasteiger partial charge in [-0.15, -0.1) is 0 Å². The number of rotatable bonds is 8. The maximum absolute atomic E-state index is 13.2. The van der Waals surface area contributed by atoms with Crippen LogP contribution in [0, 0.1) is 0 Å². The first-order valence-corrected chi connectivity index (χ1v) is 11.0. The van der Waals surface area contributed by atoms with Crippen LogP contribution in [0.25, 0.3) is 0 Å². The normalized spacial score (nSPS) is 11.3. The topological polar surface area (TPSA) is 88.1 Å². The maximum Gasteiger partial charge on any atom is 0.264 e. The lowest BCUT2D eigenvalue weighted by Crippen LogP contribution is -2.39. The first-order valence-electron chi connectivity index (χ1n) is 9.19. The van der Waals surface area contributed by atoms with Gasteiger partial charge in [0.1, 0.15) is 12.3 Å². The monoisotopic (exact) mass is 457 g/mol.